The van der Waals surface area contributed by atoms with Gasteiger partial charge in [-0.15, -0.1) is 0 Å². The van der Waals surface area contributed by atoms with Crippen molar-refractivity contribution in [1.29, 1.82) is 0 Å². The Morgan fingerprint density at radius 2 is 1.71 bits per heavy atom. The van der Waals surface area contributed by atoms with Crippen molar-refractivity contribution in [2.24, 2.45) is 0 Å². The normalized spacial score (nSPS) is 12.3. The van der Waals surface area contributed by atoms with Gasteiger partial charge in [0.25, 0.3) is 0 Å². The molecule has 0 radical (unpaired) electrons. The van der Waals surface area contributed by atoms with E-state index < -0.39 is 23.6 Å². The van der Waals surface area contributed by atoms with Gasteiger partial charge in [0.2, 0.25) is 5.91 Å². The van der Waals surface area contributed by atoms with Crippen LogP contribution in [0.1, 0.15) is 39.2 Å². The van der Waals surface area contributed by atoms with E-state index in [1.54, 1.807) is 20.8 Å². The van der Waals surface area contributed by atoms with E-state index in [-0.39, 0.29) is 25.2 Å². The molecule has 0 aromatic heterocycles. The number of esters is 2. The Kier molecular flexibility index (Phi) is 7.15. The first-order valence-corrected chi connectivity index (χ1v) is 9.24. The summed E-state index contributed by atoms with van der Waals surface area (Å²) in [6, 6.07) is 12.8. The summed E-state index contributed by atoms with van der Waals surface area (Å²) in [7, 11) is 1.25. The van der Waals surface area contributed by atoms with Crippen LogP contribution >= 0.6 is 0 Å². The summed E-state index contributed by atoms with van der Waals surface area (Å²) in [5.74, 6) is -1.32. The van der Waals surface area contributed by atoms with Crippen LogP contribution in [0, 0.1) is 0 Å². The van der Waals surface area contributed by atoms with Gasteiger partial charge in [0.05, 0.1) is 13.5 Å². The van der Waals surface area contributed by atoms with Crippen molar-refractivity contribution in [2.75, 3.05) is 7.11 Å². The minimum absolute atomic E-state index is 0.00723. The lowest BCUT2D eigenvalue weighted by Gasteiger charge is -2.21. The van der Waals surface area contributed by atoms with Crippen LogP contribution in [-0.2, 0) is 30.3 Å². The van der Waals surface area contributed by atoms with Crippen molar-refractivity contribution in [3.8, 4) is 0 Å². The Morgan fingerprint density at radius 3 is 2.36 bits per heavy atom. The zero-order chi connectivity index (χ0) is 20.7. The van der Waals surface area contributed by atoms with Gasteiger partial charge in [-0.2, -0.15) is 0 Å². The maximum atomic E-state index is 12.4. The van der Waals surface area contributed by atoms with Crippen LogP contribution < -0.4 is 5.32 Å². The summed E-state index contributed by atoms with van der Waals surface area (Å²) in [5.41, 5.74) is 0.240. The summed E-state index contributed by atoms with van der Waals surface area (Å²) in [6.45, 7) is 5.32. The SMILES string of the molecule is COC(=O)[C@@H](CCC(=O)OC(C)(C)C)NC(=O)Cc1ccc2ccccc2c1. The summed E-state index contributed by atoms with van der Waals surface area (Å²) < 4.78 is 9.99. The molecule has 150 valence electrons. The summed E-state index contributed by atoms with van der Waals surface area (Å²) in [5, 5.41) is 4.80. The predicted octanol–water partition coefficient (Wildman–Crippen LogP) is 3.16. The Bertz CT molecular complexity index is 853. The molecular weight excluding hydrogens is 358 g/mol. The third-order valence-electron chi connectivity index (χ3n) is 4.06. The van der Waals surface area contributed by atoms with E-state index >= 15 is 0 Å². The molecule has 0 aliphatic carbocycles. The number of rotatable bonds is 7. The summed E-state index contributed by atoms with van der Waals surface area (Å²) >= 11 is 0. The van der Waals surface area contributed by atoms with Gasteiger partial charge in [-0.25, -0.2) is 4.79 Å². The summed E-state index contributed by atoms with van der Waals surface area (Å²) in [6.07, 6.45) is 0.253. The van der Waals surface area contributed by atoms with Gasteiger partial charge in [0, 0.05) is 6.42 Å². The first-order valence-electron chi connectivity index (χ1n) is 9.24. The van der Waals surface area contributed by atoms with E-state index in [9.17, 15) is 14.4 Å². The number of hydrogen-bond acceptors (Lipinski definition) is 5. The van der Waals surface area contributed by atoms with Crippen LogP contribution in [0.3, 0.4) is 0 Å². The molecule has 0 saturated carbocycles. The lowest BCUT2D eigenvalue weighted by atomic mass is 10.0. The van der Waals surface area contributed by atoms with Gasteiger partial charge in [0.1, 0.15) is 11.6 Å². The van der Waals surface area contributed by atoms with Gasteiger partial charge in [-0.05, 0) is 43.5 Å². The average molecular weight is 385 g/mol. The highest BCUT2D eigenvalue weighted by atomic mass is 16.6. The third kappa shape index (κ3) is 6.68. The Balaban J connectivity index is 1.97. The molecule has 0 heterocycles. The van der Waals surface area contributed by atoms with Crippen molar-refractivity contribution in [2.45, 2.75) is 51.7 Å². The Hall–Kier alpha value is -2.89. The average Bonchev–Trinajstić information content (AvgIpc) is 2.63. The molecule has 0 aliphatic heterocycles. The van der Waals surface area contributed by atoms with E-state index in [0.717, 1.165) is 16.3 Å². The van der Waals surface area contributed by atoms with Gasteiger partial charge >= 0.3 is 11.9 Å². The fourth-order valence-electron chi connectivity index (χ4n) is 2.83. The van der Waals surface area contributed by atoms with E-state index in [2.05, 4.69) is 5.32 Å². The molecular formula is C22H27NO5. The molecule has 2 aromatic rings. The molecule has 1 N–H and O–H groups in total. The molecule has 0 bridgehead atoms. The van der Waals surface area contributed by atoms with Crippen LogP contribution in [-0.4, -0.2) is 36.6 Å². The molecule has 6 heteroatoms. The molecule has 0 fully saturated rings. The van der Waals surface area contributed by atoms with Gasteiger partial charge in [-0.1, -0.05) is 42.5 Å². The highest BCUT2D eigenvalue weighted by Crippen LogP contribution is 2.16. The van der Waals surface area contributed by atoms with E-state index in [0.29, 0.717) is 0 Å². The second-order valence-corrected chi connectivity index (χ2v) is 7.63. The molecule has 0 aliphatic rings. The first-order chi connectivity index (χ1) is 13.2. The van der Waals surface area contributed by atoms with Crippen LogP contribution in [0.2, 0.25) is 0 Å². The molecule has 6 nitrogen and oxygen atoms in total. The predicted molar refractivity (Wildman–Crippen MR) is 107 cm³/mol. The largest absolute Gasteiger partial charge is 0.467 e. The lowest BCUT2D eigenvalue weighted by Crippen LogP contribution is -2.42. The van der Waals surface area contributed by atoms with Gasteiger partial charge in [-0.3, -0.25) is 9.59 Å². The molecule has 0 spiro atoms. The van der Waals surface area contributed by atoms with Gasteiger partial charge < -0.3 is 14.8 Å². The molecule has 1 atom stereocenters. The number of carbonyl (C=O) groups is 3. The standard InChI is InChI=1S/C22H27NO5/c1-22(2,3)28-20(25)12-11-18(21(26)27-4)23-19(24)14-15-9-10-16-7-5-6-8-17(16)13-15/h5-10,13,18H,11-12,14H2,1-4H3,(H,23,24)/t18-/m1/s1. The van der Waals surface area contributed by atoms with Crippen molar-refractivity contribution < 1.29 is 23.9 Å². The maximum absolute atomic E-state index is 12.4. The van der Waals surface area contributed by atoms with Crippen LogP contribution in [0.15, 0.2) is 42.5 Å². The number of carbonyl (C=O) groups excluding carboxylic acids is 3. The second-order valence-electron chi connectivity index (χ2n) is 7.63. The molecule has 2 aromatic carbocycles. The van der Waals surface area contributed by atoms with Crippen molar-refractivity contribution in [3.63, 3.8) is 0 Å². The Labute approximate surface area is 165 Å². The number of methoxy groups -OCH3 is 1. The first kappa shape index (κ1) is 21.4. The zero-order valence-corrected chi connectivity index (χ0v) is 16.8. The second kappa shape index (κ2) is 9.35. The molecule has 0 saturated heterocycles. The molecule has 0 unspecified atom stereocenters. The minimum Gasteiger partial charge on any atom is -0.467 e. The minimum atomic E-state index is -0.898. The molecule has 28 heavy (non-hydrogen) atoms. The van der Waals surface area contributed by atoms with Crippen molar-refractivity contribution in [3.05, 3.63) is 48.0 Å². The number of nitrogens with one attached hydrogen (secondary N) is 1. The third-order valence-corrected chi connectivity index (χ3v) is 4.06. The maximum Gasteiger partial charge on any atom is 0.328 e. The van der Waals surface area contributed by atoms with Crippen molar-refractivity contribution >= 4 is 28.6 Å². The van der Waals surface area contributed by atoms with Gasteiger partial charge in [0.15, 0.2) is 0 Å². The smallest absolute Gasteiger partial charge is 0.328 e. The highest BCUT2D eigenvalue weighted by Gasteiger charge is 2.24. The monoisotopic (exact) mass is 385 g/mol. The van der Waals surface area contributed by atoms with E-state index in [4.69, 9.17) is 9.47 Å². The lowest BCUT2D eigenvalue weighted by molar-refractivity contribution is -0.155. The molecule has 2 rings (SSSR count). The van der Waals surface area contributed by atoms with E-state index in [1.807, 2.05) is 42.5 Å². The number of benzene rings is 2. The molecule has 1 amide bonds. The summed E-state index contributed by atoms with van der Waals surface area (Å²) in [4.78, 5) is 36.3. The van der Waals surface area contributed by atoms with Crippen molar-refractivity contribution in [1.82, 2.24) is 5.32 Å². The number of amides is 1. The highest BCUT2D eigenvalue weighted by molar-refractivity contribution is 5.88. The number of hydrogen-bond donors (Lipinski definition) is 1. The van der Waals surface area contributed by atoms with Crippen LogP contribution in [0.25, 0.3) is 10.8 Å². The number of ether oxygens (including phenoxy) is 2. The number of fused-ring (bicyclic) bond motifs is 1. The van der Waals surface area contributed by atoms with Crippen LogP contribution in [0.4, 0.5) is 0 Å². The van der Waals surface area contributed by atoms with E-state index in [1.165, 1.54) is 7.11 Å². The fraction of sp³-hybridized carbons (Fsp3) is 0.409. The van der Waals surface area contributed by atoms with Crippen LogP contribution in [0.5, 0.6) is 0 Å². The quantitative estimate of drug-likeness (QED) is 0.741. The fourth-order valence-corrected chi connectivity index (χ4v) is 2.83. The Morgan fingerprint density at radius 1 is 1.04 bits per heavy atom. The zero-order valence-electron chi connectivity index (χ0n) is 16.8. The topological polar surface area (TPSA) is 81.7 Å².